The van der Waals surface area contributed by atoms with Crippen LogP contribution in [-0.4, -0.2) is 30.6 Å². The zero-order valence-electron chi connectivity index (χ0n) is 9.69. The molecule has 16 heavy (non-hydrogen) atoms. The van der Waals surface area contributed by atoms with E-state index in [1.54, 1.807) is 11.3 Å². The van der Waals surface area contributed by atoms with Crippen molar-refractivity contribution in [2.75, 3.05) is 19.6 Å². The molecule has 2 nitrogen and oxygen atoms in total. The highest BCUT2D eigenvalue weighted by molar-refractivity contribution is 7.07. The third kappa shape index (κ3) is 3.44. The summed E-state index contributed by atoms with van der Waals surface area (Å²) in [6.45, 7) is 8.25. The minimum Gasteiger partial charge on any atom is -0.310 e. The lowest BCUT2D eigenvalue weighted by molar-refractivity contribution is 0.214. The molecule has 2 rings (SSSR count). The molecule has 0 bridgehead atoms. The molecule has 0 amide bonds. The van der Waals surface area contributed by atoms with Crippen LogP contribution in [0.25, 0.3) is 0 Å². The molecule has 2 heterocycles. The normalized spacial score (nSPS) is 18.8. The van der Waals surface area contributed by atoms with Crippen LogP contribution in [0.2, 0.25) is 0 Å². The zero-order valence-corrected chi connectivity index (χ0v) is 10.5. The first kappa shape index (κ1) is 11.8. The smallest absolute Gasteiger partial charge is 0.0216 e. The molecule has 88 valence electrons. The Balaban J connectivity index is 1.67. The second-order valence-electron chi connectivity index (χ2n) is 4.38. The quantitative estimate of drug-likeness (QED) is 0.790. The summed E-state index contributed by atoms with van der Waals surface area (Å²) in [6, 6.07) is 2.89. The molecule has 1 N–H and O–H groups in total. The zero-order chi connectivity index (χ0) is 11.2. The van der Waals surface area contributed by atoms with Crippen LogP contribution >= 0.6 is 11.3 Å². The maximum atomic E-state index is 3.79. The SMILES string of the molecule is C=CCN1CCC(NCc2ccsc2)CC1. The van der Waals surface area contributed by atoms with E-state index in [9.17, 15) is 0 Å². The predicted molar refractivity (Wildman–Crippen MR) is 70.8 cm³/mol. The molecule has 1 saturated heterocycles. The molecular weight excluding hydrogens is 216 g/mol. The first-order valence-electron chi connectivity index (χ1n) is 5.96. The van der Waals surface area contributed by atoms with E-state index < -0.39 is 0 Å². The van der Waals surface area contributed by atoms with Crippen molar-refractivity contribution in [3.8, 4) is 0 Å². The fourth-order valence-electron chi connectivity index (χ4n) is 2.16. The highest BCUT2D eigenvalue weighted by atomic mass is 32.1. The highest BCUT2D eigenvalue weighted by Gasteiger charge is 2.17. The molecule has 0 radical (unpaired) electrons. The second-order valence-corrected chi connectivity index (χ2v) is 5.16. The van der Waals surface area contributed by atoms with Crippen LogP contribution in [0.5, 0.6) is 0 Å². The monoisotopic (exact) mass is 236 g/mol. The minimum atomic E-state index is 0.695. The fraction of sp³-hybridized carbons (Fsp3) is 0.538. The van der Waals surface area contributed by atoms with Crippen molar-refractivity contribution < 1.29 is 0 Å². The van der Waals surface area contributed by atoms with E-state index in [4.69, 9.17) is 0 Å². The first-order chi connectivity index (χ1) is 7.88. The Morgan fingerprint density at radius 2 is 2.31 bits per heavy atom. The van der Waals surface area contributed by atoms with Crippen molar-refractivity contribution in [2.45, 2.75) is 25.4 Å². The summed E-state index contributed by atoms with van der Waals surface area (Å²) < 4.78 is 0. The third-order valence-electron chi connectivity index (χ3n) is 3.15. The number of piperidine rings is 1. The van der Waals surface area contributed by atoms with E-state index in [-0.39, 0.29) is 0 Å². The summed E-state index contributed by atoms with van der Waals surface area (Å²) in [7, 11) is 0. The molecule has 1 fully saturated rings. The van der Waals surface area contributed by atoms with Gasteiger partial charge in [-0.1, -0.05) is 6.08 Å². The van der Waals surface area contributed by atoms with Gasteiger partial charge in [-0.25, -0.2) is 0 Å². The van der Waals surface area contributed by atoms with E-state index in [1.165, 1.54) is 31.5 Å². The molecule has 0 saturated carbocycles. The van der Waals surface area contributed by atoms with Crippen LogP contribution in [0.1, 0.15) is 18.4 Å². The minimum absolute atomic E-state index is 0.695. The average molecular weight is 236 g/mol. The third-order valence-corrected chi connectivity index (χ3v) is 3.88. The van der Waals surface area contributed by atoms with Crippen molar-refractivity contribution in [1.82, 2.24) is 10.2 Å². The number of nitrogens with zero attached hydrogens (tertiary/aromatic N) is 1. The van der Waals surface area contributed by atoms with Crippen LogP contribution in [0.15, 0.2) is 29.5 Å². The van der Waals surface area contributed by atoms with Gasteiger partial charge in [0.15, 0.2) is 0 Å². The number of thiophene rings is 1. The van der Waals surface area contributed by atoms with Crippen LogP contribution in [-0.2, 0) is 6.54 Å². The molecule has 1 aromatic heterocycles. The van der Waals surface area contributed by atoms with Gasteiger partial charge in [0.2, 0.25) is 0 Å². The summed E-state index contributed by atoms with van der Waals surface area (Å²) in [5, 5.41) is 8.01. The summed E-state index contributed by atoms with van der Waals surface area (Å²) in [5.74, 6) is 0. The molecule has 1 aliphatic heterocycles. The predicted octanol–water partition coefficient (Wildman–Crippen LogP) is 2.49. The van der Waals surface area contributed by atoms with Gasteiger partial charge in [-0.2, -0.15) is 11.3 Å². The van der Waals surface area contributed by atoms with Gasteiger partial charge in [0.25, 0.3) is 0 Å². The summed E-state index contributed by atoms with van der Waals surface area (Å²) in [4.78, 5) is 2.47. The van der Waals surface area contributed by atoms with E-state index in [2.05, 4.69) is 33.6 Å². The molecule has 1 aliphatic rings. The summed E-state index contributed by atoms with van der Waals surface area (Å²) in [6.07, 6.45) is 4.52. The molecule has 0 aliphatic carbocycles. The van der Waals surface area contributed by atoms with Gasteiger partial charge in [-0.15, -0.1) is 6.58 Å². The first-order valence-corrected chi connectivity index (χ1v) is 6.90. The Hall–Kier alpha value is -0.640. The Labute approximate surface area is 102 Å². The van der Waals surface area contributed by atoms with Gasteiger partial charge in [-0.05, 0) is 48.3 Å². The van der Waals surface area contributed by atoms with Crippen LogP contribution < -0.4 is 5.32 Å². The average Bonchev–Trinajstić information content (AvgIpc) is 2.82. The number of hydrogen-bond donors (Lipinski definition) is 1. The van der Waals surface area contributed by atoms with Crippen molar-refractivity contribution >= 4 is 11.3 Å². The van der Waals surface area contributed by atoms with Gasteiger partial charge in [-0.3, -0.25) is 4.90 Å². The number of likely N-dealkylation sites (tertiary alicyclic amines) is 1. The van der Waals surface area contributed by atoms with Crippen LogP contribution in [0.3, 0.4) is 0 Å². The standard InChI is InChI=1S/C13H20N2S/c1-2-6-15-7-3-13(4-8-15)14-10-12-5-9-16-11-12/h2,5,9,11,13-14H,1,3-4,6-8,10H2. The Kier molecular flexibility index (Phi) is 4.57. The number of hydrogen-bond acceptors (Lipinski definition) is 3. The van der Waals surface area contributed by atoms with E-state index in [0.29, 0.717) is 6.04 Å². The lowest BCUT2D eigenvalue weighted by Crippen LogP contribution is -2.42. The molecule has 0 unspecified atom stereocenters. The number of nitrogens with one attached hydrogen (secondary N) is 1. The summed E-state index contributed by atoms with van der Waals surface area (Å²) in [5.41, 5.74) is 1.42. The van der Waals surface area contributed by atoms with Crippen molar-refractivity contribution in [1.29, 1.82) is 0 Å². The lowest BCUT2D eigenvalue weighted by atomic mass is 10.0. The molecule has 0 aromatic carbocycles. The summed E-state index contributed by atoms with van der Waals surface area (Å²) >= 11 is 1.77. The van der Waals surface area contributed by atoms with Crippen molar-refractivity contribution in [2.24, 2.45) is 0 Å². The molecule has 0 atom stereocenters. The molecule has 1 aromatic rings. The van der Waals surface area contributed by atoms with Crippen LogP contribution in [0, 0.1) is 0 Å². The van der Waals surface area contributed by atoms with Crippen LogP contribution in [0.4, 0.5) is 0 Å². The van der Waals surface area contributed by atoms with Gasteiger partial charge in [0.05, 0.1) is 0 Å². The van der Waals surface area contributed by atoms with Gasteiger partial charge < -0.3 is 5.32 Å². The van der Waals surface area contributed by atoms with E-state index >= 15 is 0 Å². The fourth-order valence-corrected chi connectivity index (χ4v) is 2.83. The van der Waals surface area contributed by atoms with Gasteiger partial charge >= 0.3 is 0 Å². The topological polar surface area (TPSA) is 15.3 Å². The molecule has 3 heteroatoms. The van der Waals surface area contributed by atoms with Crippen molar-refractivity contribution in [3.05, 3.63) is 35.0 Å². The Morgan fingerprint density at radius 1 is 1.50 bits per heavy atom. The van der Waals surface area contributed by atoms with Crippen molar-refractivity contribution in [3.63, 3.8) is 0 Å². The lowest BCUT2D eigenvalue weighted by Gasteiger charge is -2.31. The number of rotatable bonds is 5. The maximum Gasteiger partial charge on any atom is 0.0216 e. The van der Waals surface area contributed by atoms with Gasteiger partial charge in [0, 0.05) is 19.1 Å². The largest absolute Gasteiger partial charge is 0.310 e. The van der Waals surface area contributed by atoms with E-state index in [1.807, 2.05) is 6.08 Å². The van der Waals surface area contributed by atoms with E-state index in [0.717, 1.165) is 13.1 Å². The van der Waals surface area contributed by atoms with Gasteiger partial charge in [0.1, 0.15) is 0 Å². The Bertz CT molecular complexity index is 300. The second kappa shape index (κ2) is 6.18. The maximum absolute atomic E-state index is 3.79. The Morgan fingerprint density at radius 3 is 2.94 bits per heavy atom. The molecule has 0 spiro atoms. The highest BCUT2D eigenvalue weighted by Crippen LogP contribution is 2.12. The molecular formula is C13H20N2S.